The molecule has 4 atom stereocenters. The molecule has 2 unspecified atom stereocenters. The van der Waals surface area contributed by atoms with Gasteiger partial charge >= 0.3 is 6.03 Å². The van der Waals surface area contributed by atoms with Crippen LogP contribution in [0.3, 0.4) is 0 Å². The van der Waals surface area contributed by atoms with Gasteiger partial charge in [0, 0.05) is 99.0 Å². The van der Waals surface area contributed by atoms with Crippen molar-refractivity contribution >= 4 is 75.5 Å². The number of ether oxygens (including phenoxy) is 2. The van der Waals surface area contributed by atoms with Crippen LogP contribution < -0.4 is 45.4 Å². The molecule has 2 fully saturated rings. The number of benzene rings is 4. The molecular weight excluding hydrogens is 1060 g/mol. The minimum Gasteiger partial charge on any atom is -0.497 e. The third kappa shape index (κ3) is 13.9. The SMILES string of the molecule is CCC(=O)Nc1ccc(CN2C(=O)N(c3cc(OC)cc(OC)c3)Cc3cnc(Nc4ccc(N5CCN(CCCC(=O)NC(C(=O)N6C[C@H](O)C[C@H]6C(=O)NC(C)c6ccc(-c7scnc7C)cc6)C(C)(C)C)CC5)cc4)nc32)cc1. The van der Waals surface area contributed by atoms with Crippen LogP contribution in [0.4, 0.5) is 39.3 Å². The van der Waals surface area contributed by atoms with Crippen LogP contribution in [0.5, 0.6) is 11.5 Å². The fraction of sp³-hybridized carbons (Fsp3) is 0.410. The molecule has 2 saturated heterocycles. The number of thiazole rings is 1. The Kier molecular flexibility index (Phi) is 18.4. The standard InChI is InChI=1S/C61H74N12O8S/c1-9-52(75)65-44-18-12-40(13-19-44)34-73-56-43(35-71(60(73)79)47-29-49(80-7)32-50(30-47)81-8)33-62-59(68-56)66-45-20-22-46(23-21-45)70-27-25-69(26-28-70)24-10-11-53(76)67-55(61(4,5)6)58(78)72-36-48(74)31-51(72)57(77)64-38(2)41-14-16-42(17-15-41)54-39(3)63-37-82-54/h12-23,29-30,32-33,37-38,48,51,55,74H,9-11,24-28,31,34-36H2,1-8H3,(H,64,77)(H,65,75)(H,67,76)(H,62,66,68)/t38?,48-,51+,55?/m1/s1. The second-order valence-corrected chi connectivity index (χ2v) is 23.0. The summed E-state index contributed by atoms with van der Waals surface area (Å²) in [5.74, 6) is 0.814. The van der Waals surface area contributed by atoms with Crippen LogP contribution in [-0.2, 0) is 32.3 Å². The molecular formula is C61H74N12O8S. The zero-order chi connectivity index (χ0) is 58.2. The first-order valence-electron chi connectivity index (χ1n) is 27.9. The number of nitrogens with one attached hydrogen (secondary N) is 4. The van der Waals surface area contributed by atoms with Crippen molar-refractivity contribution in [3.05, 3.63) is 125 Å². The number of aliphatic hydroxyl groups is 1. The van der Waals surface area contributed by atoms with Crippen molar-refractivity contribution < 1.29 is 38.6 Å². The quantitative estimate of drug-likeness (QED) is 0.0484. The molecule has 2 aromatic heterocycles. The normalized spacial score (nSPS) is 17.2. The number of aromatic nitrogens is 3. The number of piperazine rings is 1. The molecule has 3 aliphatic rings. The Bertz CT molecular complexity index is 3210. The Hall–Kier alpha value is -8.14. The van der Waals surface area contributed by atoms with E-state index in [-0.39, 0.29) is 68.2 Å². The highest BCUT2D eigenvalue weighted by Crippen LogP contribution is 2.37. The predicted molar refractivity (Wildman–Crippen MR) is 319 cm³/mol. The Morgan fingerprint density at radius 1 is 0.841 bits per heavy atom. The number of urea groups is 1. The van der Waals surface area contributed by atoms with Crippen LogP contribution in [0.2, 0.25) is 0 Å². The van der Waals surface area contributed by atoms with E-state index in [0.29, 0.717) is 54.0 Å². The lowest BCUT2D eigenvalue weighted by Gasteiger charge is -2.36. The van der Waals surface area contributed by atoms with E-state index in [1.54, 1.807) is 66.7 Å². The molecule has 6 amide bonds. The van der Waals surface area contributed by atoms with Crippen molar-refractivity contribution in [1.29, 1.82) is 0 Å². The van der Waals surface area contributed by atoms with E-state index in [2.05, 4.69) is 53.2 Å². The molecule has 20 nitrogen and oxygen atoms in total. The van der Waals surface area contributed by atoms with Gasteiger partial charge in [0.25, 0.3) is 0 Å². The predicted octanol–water partition coefficient (Wildman–Crippen LogP) is 8.44. The van der Waals surface area contributed by atoms with Crippen LogP contribution in [0.15, 0.2) is 103 Å². The van der Waals surface area contributed by atoms with Gasteiger partial charge < -0.3 is 45.6 Å². The van der Waals surface area contributed by atoms with Gasteiger partial charge in [-0.15, -0.1) is 11.3 Å². The number of aryl methyl sites for hydroxylation is 1. The monoisotopic (exact) mass is 1130 g/mol. The highest BCUT2D eigenvalue weighted by Gasteiger charge is 2.45. The van der Waals surface area contributed by atoms with Crippen molar-refractivity contribution in [3.8, 4) is 21.9 Å². The number of hydrogen-bond acceptors (Lipinski definition) is 15. The van der Waals surface area contributed by atoms with Crippen molar-refractivity contribution in [2.75, 3.05) is 78.8 Å². The molecule has 0 radical (unpaired) electrons. The second kappa shape index (κ2) is 25.8. The van der Waals surface area contributed by atoms with Crippen LogP contribution >= 0.6 is 11.3 Å². The average molecular weight is 1140 g/mol. The Balaban J connectivity index is 0.765. The van der Waals surface area contributed by atoms with Gasteiger partial charge in [-0.05, 0) is 85.3 Å². The molecule has 5 N–H and O–H groups in total. The summed E-state index contributed by atoms with van der Waals surface area (Å²) in [6, 6.07) is 26.3. The largest absolute Gasteiger partial charge is 0.497 e. The second-order valence-electron chi connectivity index (χ2n) is 22.2. The Labute approximate surface area is 483 Å². The minimum absolute atomic E-state index is 0.00288. The van der Waals surface area contributed by atoms with E-state index < -0.39 is 23.6 Å². The minimum atomic E-state index is -0.904. The third-order valence-electron chi connectivity index (χ3n) is 15.2. The fourth-order valence-corrected chi connectivity index (χ4v) is 11.3. The first-order chi connectivity index (χ1) is 39.4. The van der Waals surface area contributed by atoms with Gasteiger partial charge in [0.15, 0.2) is 0 Å². The number of nitrogens with zero attached hydrogens (tertiary/aromatic N) is 8. The van der Waals surface area contributed by atoms with Crippen LogP contribution in [0.1, 0.15) is 88.7 Å². The summed E-state index contributed by atoms with van der Waals surface area (Å²) in [5.41, 5.74) is 8.74. The number of carbonyl (C=O) groups excluding carboxylic acids is 5. The molecule has 0 bridgehead atoms. The average Bonchev–Trinajstić information content (AvgIpc) is 4.20. The van der Waals surface area contributed by atoms with Crippen molar-refractivity contribution in [3.63, 3.8) is 0 Å². The number of carbonyl (C=O) groups is 5. The lowest BCUT2D eigenvalue weighted by Crippen LogP contribution is -2.57. The third-order valence-corrected chi connectivity index (χ3v) is 16.2. The maximum Gasteiger partial charge on any atom is 0.330 e. The maximum atomic E-state index is 14.5. The Morgan fingerprint density at radius 3 is 2.16 bits per heavy atom. The van der Waals surface area contributed by atoms with E-state index in [9.17, 15) is 29.1 Å². The summed E-state index contributed by atoms with van der Waals surface area (Å²) in [6.07, 6.45) is 2.17. The van der Waals surface area contributed by atoms with E-state index in [1.807, 2.05) is 101 Å². The summed E-state index contributed by atoms with van der Waals surface area (Å²) >= 11 is 1.58. The van der Waals surface area contributed by atoms with Crippen molar-refractivity contribution in [2.24, 2.45) is 5.41 Å². The lowest BCUT2D eigenvalue weighted by molar-refractivity contribution is -0.144. The summed E-state index contributed by atoms with van der Waals surface area (Å²) in [5, 5.41) is 23.0. The van der Waals surface area contributed by atoms with Gasteiger partial charge in [0.1, 0.15) is 29.4 Å². The molecule has 5 heterocycles. The number of amides is 6. The summed E-state index contributed by atoms with van der Waals surface area (Å²) in [6.45, 7) is 15.7. The van der Waals surface area contributed by atoms with Crippen molar-refractivity contribution in [2.45, 2.75) is 105 Å². The smallest absolute Gasteiger partial charge is 0.330 e. The number of likely N-dealkylation sites (tertiary alicyclic amines) is 1. The summed E-state index contributed by atoms with van der Waals surface area (Å²) in [4.78, 5) is 92.6. The number of fused-ring (bicyclic) bond motifs is 1. The van der Waals surface area contributed by atoms with Gasteiger partial charge in [-0.2, -0.15) is 4.98 Å². The zero-order valence-corrected chi connectivity index (χ0v) is 48.7. The first-order valence-corrected chi connectivity index (χ1v) is 28.8. The number of β-amino-alcohol motifs (C(OH)–C–C–N with tert-alkyl or cyclic N) is 1. The number of anilines is 6. The topological polar surface area (TPSA) is 227 Å². The summed E-state index contributed by atoms with van der Waals surface area (Å²) in [7, 11) is 3.12. The Morgan fingerprint density at radius 2 is 1.52 bits per heavy atom. The molecule has 0 spiro atoms. The molecule has 0 saturated carbocycles. The molecule has 82 heavy (non-hydrogen) atoms. The highest BCUT2D eigenvalue weighted by atomic mass is 32.1. The molecule has 4 aromatic carbocycles. The molecule has 6 aromatic rings. The van der Waals surface area contributed by atoms with Crippen molar-refractivity contribution in [1.82, 2.24) is 35.4 Å². The van der Waals surface area contributed by atoms with Crippen LogP contribution in [0, 0.1) is 12.3 Å². The van der Waals surface area contributed by atoms with E-state index in [4.69, 9.17) is 14.5 Å². The van der Waals surface area contributed by atoms with E-state index in [1.165, 1.54) is 4.90 Å². The number of methoxy groups -OCH3 is 2. The summed E-state index contributed by atoms with van der Waals surface area (Å²) < 4.78 is 11.1. The highest BCUT2D eigenvalue weighted by molar-refractivity contribution is 7.13. The molecule has 432 valence electrons. The first kappa shape index (κ1) is 58.5. The molecule has 9 rings (SSSR count). The number of aliphatic hydroxyl groups excluding tert-OH is 1. The molecule has 0 aliphatic carbocycles. The van der Waals surface area contributed by atoms with Crippen LogP contribution in [-0.4, -0.2) is 131 Å². The molecule has 3 aliphatic heterocycles. The van der Waals surface area contributed by atoms with Gasteiger partial charge in [0.2, 0.25) is 29.6 Å². The number of hydrogen-bond donors (Lipinski definition) is 5. The lowest BCUT2D eigenvalue weighted by atomic mass is 9.85. The van der Waals surface area contributed by atoms with E-state index >= 15 is 0 Å². The molecule has 21 heteroatoms. The van der Waals surface area contributed by atoms with Gasteiger partial charge in [-0.25, -0.2) is 14.8 Å². The maximum absolute atomic E-state index is 14.5. The van der Waals surface area contributed by atoms with Gasteiger partial charge in [0.05, 0.1) is 61.2 Å². The number of rotatable bonds is 20. The van der Waals surface area contributed by atoms with Gasteiger partial charge in [-0.3, -0.25) is 33.9 Å². The van der Waals surface area contributed by atoms with Gasteiger partial charge in [-0.1, -0.05) is 64.1 Å². The fourth-order valence-electron chi connectivity index (χ4n) is 10.5. The zero-order valence-electron chi connectivity index (χ0n) is 47.9. The van der Waals surface area contributed by atoms with Crippen LogP contribution in [0.25, 0.3) is 10.4 Å². The van der Waals surface area contributed by atoms with E-state index in [0.717, 1.165) is 70.4 Å².